The van der Waals surface area contributed by atoms with Gasteiger partial charge in [0.1, 0.15) is 4.90 Å². The molecular formula is C19H16Cl3N3O2S. The summed E-state index contributed by atoms with van der Waals surface area (Å²) in [6.07, 6.45) is 1.74. The molecule has 0 bridgehead atoms. The second-order valence-electron chi connectivity index (χ2n) is 6.46. The van der Waals surface area contributed by atoms with Crippen LogP contribution in [-0.4, -0.2) is 43.9 Å². The summed E-state index contributed by atoms with van der Waals surface area (Å²) in [6.45, 7) is 1.84. The van der Waals surface area contributed by atoms with Crippen molar-refractivity contribution >= 4 is 61.4 Å². The highest BCUT2D eigenvalue weighted by Gasteiger charge is 2.30. The molecule has 0 atom stereocenters. The van der Waals surface area contributed by atoms with Gasteiger partial charge in [0, 0.05) is 53.5 Å². The van der Waals surface area contributed by atoms with Gasteiger partial charge < -0.3 is 4.90 Å². The molecule has 0 spiro atoms. The largest absolute Gasteiger partial charge is 0.368 e. The molecule has 1 aliphatic heterocycles. The quantitative estimate of drug-likeness (QED) is 0.573. The summed E-state index contributed by atoms with van der Waals surface area (Å²) in [4.78, 5) is 6.61. The van der Waals surface area contributed by atoms with E-state index >= 15 is 0 Å². The third-order valence-corrected chi connectivity index (χ3v) is 7.62. The summed E-state index contributed by atoms with van der Waals surface area (Å²) in [6, 6.07) is 12.0. The van der Waals surface area contributed by atoms with Gasteiger partial charge in [0.05, 0.1) is 10.5 Å². The van der Waals surface area contributed by atoms with Crippen LogP contribution in [0.3, 0.4) is 0 Å². The Balaban J connectivity index is 1.57. The summed E-state index contributed by atoms with van der Waals surface area (Å²) in [5.41, 5.74) is 1.83. The fourth-order valence-corrected chi connectivity index (χ4v) is 5.71. The molecule has 146 valence electrons. The van der Waals surface area contributed by atoms with Crippen LogP contribution in [0, 0.1) is 0 Å². The average Bonchev–Trinajstić information content (AvgIpc) is 2.67. The molecule has 4 rings (SSSR count). The van der Waals surface area contributed by atoms with Gasteiger partial charge in [-0.2, -0.15) is 4.31 Å². The number of nitrogens with zero attached hydrogens (tertiary/aromatic N) is 3. The maximum absolute atomic E-state index is 13.0. The molecule has 0 unspecified atom stereocenters. The lowest BCUT2D eigenvalue weighted by Gasteiger charge is -2.36. The minimum absolute atomic E-state index is 0.0796. The van der Waals surface area contributed by atoms with Crippen molar-refractivity contribution in [3.8, 4) is 0 Å². The first-order valence-electron chi connectivity index (χ1n) is 8.61. The number of sulfonamides is 1. The zero-order valence-electron chi connectivity index (χ0n) is 14.6. The first-order chi connectivity index (χ1) is 13.4. The number of halogens is 3. The Kier molecular flexibility index (Phi) is 5.42. The Morgan fingerprint density at radius 2 is 1.54 bits per heavy atom. The smallest absolute Gasteiger partial charge is 0.244 e. The van der Waals surface area contributed by atoms with Gasteiger partial charge >= 0.3 is 0 Å². The van der Waals surface area contributed by atoms with Gasteiger partial charge in [0.15, 0.2) is 0 Å². The number of fused-ring (bicyclic) bond motifs is 1. The van der Waals surface area contributed by atoms with Gasteiger partial charge in [-0.25, -0.2) is 8.42 Å². The highest BCUT2D eigenvalue weighted by Crippen LogP contribution is 2.31. The first-order valence-corrected chi connectivity index (χ1v) is 11.2. The predicted octanol–water partition coefficient (Wildman–Crippen LogP) is 4.71. The number of anilines is 1. The molecular weight excluding hydrogens is 441 g/mol. The molecule has 1 saturated heterocycles. The van der Waals surface area contributed by atoms with E-state index in [0.717, 1.165) is 16.6 Å². The maximum Gasteiger partial charge on any atom is 0.244 e. The second-order valence-corrected chi connectivity index (χ2v) is 9.64. The zero-order valence-corrected chi connectivity index (χ0v) is 17.7. The Labute approximate surface area is 178 Å². The van der Waals surface area contributed by atoms with Crippen LogP contribution in [-0.2, 0) is 10.0 Å². The summed E-state index contributed by atoms with van der Waals surface area (Å²) in [5, 5.41) is 2.15. The van der Waals surface area contributed by atoms with Crippen LogP contribution in [0.1, 0.15) is 0 Å². The van der Waals surface area contributed by atoms with Gasteiger partial charge in [-0.3, -0.25) is 4.98 Å². The standard InChI is InChI=1S/C19H16Cl3N3O2S/c20-13-2-4-19(16(22)11-13)28(26,27)25-9-7-24(8-10-25)18-5-6-23-17-12-14(21)1-3-15(17)18/h1-6,11-12H,7-10H2. The molecule has 2 aromatic carbocycles. The minimum Gasteiger partial charge on any atom is -0.368 e. The molecule has 3 aromatic rings. The van der Waals surface area contributed by atoms with Crippen molar-refractivity contribution in [3.63, 3.8) is 0 Å². The summed E-state index contributed by atoms with van der Waals surface area (Å²) >= 11 is 18.1. The third-order valence-electron chi connectivity index (χ3n) is 4.77. The zero-order chi connectivity index (χ0) is 19.9. The number of piperazine rings is 1. The van der Waals surface area contributed by atoms with Gasteiger partial charge in [0.2, 0.25) is 10.0 Å². The van der Waals surface area contributed by atoms with Crippen molar-refractivity contribution in [3.05, 3.63) is 63.7 Å². The molecule has 28 heavy (non-hydrogen) atoms. The molecule has 1 aromatic heterocycles. The topological polar surface area (TPSA) is 53.5 Å². The summed E-state index contributed by atoms with van der Waals surface area (Å²) < 4.78 is 27.4. The van der Waals surface area contributed by atoms with Crippen molar-refractivity contribution in [1.29, 1.82) is 0 Å². The summed E-state index contributed by atoms with van der Waals surface area (Å²) in [5.74, 6) is 0. The number of aromatic nitrogens is 1. The monoisotopic (exact) mass is 455 g/mol. The van der Waals surface area contributed by atoms with Crippen molar-refractivity contribution < 1.29 is 8.42 Å². The lowest BCUT2D eigenvalue weighted by Crippen LogP contribution is -2.48. The van der Waals surface area contributed by atoms with Crippen LogP contribution in [0.4, 0.5) is 5.69 Å². The number of benzene rings is 2. The third kappa shape index (κ3) is 3.67. The molecule has 0 saturated carbocycles. The van der Waals surface area contributed by atoms with E-state index in [1.807, 2.05) is 24.3 Å². The van der Waals surface area contributed by atoms with E-state index in [9.17, 15) is 8.42 Å². The molecule has 1 fully saturated rings. The van der Waals surface area contributed by atoms with Crippen LogP contribution in [0.25, 0.3) is 10.9 Å². The van der Waals surface area contributed by atoms with Crippen molar-refractivity contribution in [1.82, 2.24) is 9.29 Å². The predicted molar refractivity (Wildman–Crippen MR) is 114 cm³/mol. The summed E-state index contributed by atoms with van der Waals surface area (Å²) in [7, 11) is -3.68. The fourth-order valence-electron chi connectivity index (χ4n) is 3.37. The highest BCUT2D eigenvalue weighted by molar-refractivity contribution is 7.89. The molecule has 5 nitrogen and oxygen atoms in total. The van der Waals surface area contributed by atoms with E-state index in [4.69, 9.17) is 34.8 Å². The normalized spacial score (nSPS) is 15.9. The number of pyridine rings is 1. The van der Waals surface area contributed by atoms with Gasteiger partial charge in [-0.1, -0.05) is 34.8 Å². The van der Waals surface area contributed by atoms with Crippen LogP contribution in [0.5, 0.6) is 0 Å². The Morgan fingerprint density at radius 1 is 0.857 bits per heavy atom. The van der Waals surface area contributed by atoms with Crippen molar-refractivity contribution in [2.24, 2.45) is 0 Å². The number of rotatable bonds is 3. The van der Waals surface area contributed by atoms with E-state index in [1.165, 1.54) is 22.5 Å². The molecule has 1 aliphatic rings. The molecule has 9 heteroatoms. The van der Waals surface area contributed by atoms with Crippen LogP contribution >= 0.6 is 34.8 Å². The van der Waals surface area contributed by atoms with Gasteiger partial charge in [-0.15, -0.1) is 0 Å². The SMILES string of the molecule is O=S(=O)(c1ccc(Cl)cc1Cl)N1CCN(c2ccnc3cc(Cl)ccc23)CC1. The van der Waals surface area contributed by atoms with Crippen molar-refractivity contribution in [2.45, 2.75) is 4.90 Å². The highest BCUT2D eigenvalue weighted by atomic mass is 35.5. The minimum atomic E-state index is -3.68. The van der Waals surface area contributed by atoms with Gasteiger partial charge in [-0.05, 0) is 42.5 Å². The number of hydrogen-bond donors (Lipinski definition) is 0. The molecule has 0 amide bonds. The van der Waals surface area contributed by atoms with E-state index in [1.54, 1.807) is 6.20 Å². The lowest BCUT2D eigenvalue weighted by atomic mass is 10.1. The van der Waals surface area contributed by atoms with Crippen LogP contribution in [0.2, 0.25) is 15.1 Å². The molecule has 0 aliphatic carbocycles. The Bertz CT molecular complexity index is 1150. The maximum atomic E-state index is 13.0. The molecule has 0 N–H and O–H groups in total. The van der Waals surface area contributed by atoms with Crippen LogP contribution in [0.15, 0.2) is 53.6 Å². The van der Waals surface area contributed by atoms with E-state index in [0.29, 0.717) is 36.2 Å². The Hall–Kier alpha value is -1.57. The molecule has 2 heterocycles. The Morgan fingerprint density at radius 3 is 2.25 bits per heavy atom. The average molecular weight is 457 g/mol. The van der Waals surface area contributed by atoms with Gasteiger partial charge in [0.25, 0.3) is 0 Å². The van der Waals surface area contributed by atoms with E-state index < -0.39 is 10.0 Å². The fraction of sp³-hybridized carbons (Fsp3) is 0.211. The second kappa shape index (κ2) is 7.69. The van der Waals surface area contributed by atoms with E-state index in [2.05, 4.69) is 9.88 Å². The van der Waals surface area contributed by atoms with E-state index in [-0.39, 0.29) is 9.92 Å². The lowest BCUT2D eigenvalue weighted by molar-refractivity contribution is 0.385. The molecule has 0 radical (unpaired) electrons. The van der Waals surface area contributed by atoms with Crippen molar-refractivity contribution in [2.75, 3.05) is 31.1 Å². The first kappa shape index (κ1) is 19.7. The number of hydrogen-bond acceptors (Lipinski definition) is 4. The van der Waals surface area contributed by atoms with Crippen LogP contribution < -0.4 is 4.90 Å².